The number of ether oxygens (including phenoxy) is 3. The zero-order chi connectivity index (χ0) is 27.7. The SMILES string of the molecule is CO[C@H]1CC/C=C/C(=O)Nc2cc(cc(O)c2Br)C[C@@H](C)C[C@@H](OC)[C@H](O)[C@@H](C)/C=C(\C)[C@@H]1OC(N)=O. The molecule has 0 saturated heterocycles. The van der Waals surface area contributed by atoms with Crippen LogP contribution in [0.3, 0.4) is 0 Å². The summed E-state index contributed by atoms with van der Waals surface area (Å²) in [6.07, 6.45) is 3.51. The van der Waals surface area contributed by atoms with Crippen LogP contribution < -0.4 is 11.1 Å². The Balaban J connectivity index is 2.45. The summed E-state index contributed by atoms with van der Waals surface area (Å²) in [5, 5.41) is 24.3. The van der Waals surface area contributed by atoms with Gasteiger partial charge in [-0.15, -0.1) is 0 Å². The van der Waals surface area contributed by atoms with Crippen LogP contribution >= 0.6 is 15.9 Å². The lowest BCUT2D eigenvalue weighted by Crippen LogP contribution is -2.37. The first kappa shape index (κ1) is 30.8. The van der Waals surface area contributed by atoms with Gasteiger partial charge in [0.25, 0.3) is 0 Å². The van der Waals surface area contributed by atoms with E-state index in [1.165, 1.54) is 13.2 Å². The molecule has 0 aliphatic carbocycles. The standard InChI is InChI=1S/C27H39BrN2O7/c1-15-10-18-13-19(24(28)20(31)14-18)30-23(32)9-7-6-8-21(35-4)26(37-27(29)34)17(3)12-16(2)25(33)22(11-15)36-5/h7,9,12-16,21-22,25-26,31,33H,6,8,10-11H2,1-5H3,(H2,29,34)(H,30,32)/b9-7+,17-12+/t15-,16+,21+,22-,25-,26+/m1/s1. The normalized spacial score (nSPS) is 30.6. The average molecular weight is 584 g/mol. The van der Waals surface area contributed by atoms with Gasteiger partial charge in [-0.2, -0.15) is 0 Å². The molecule has 1 aliphatic rings. The van der Waals surface area contributed by atoms with E-state index in [1.54, 1.807) is 26.2 Å². The van der Waals surface area contributed by atoms with Gasteiger partial charge in [-0.3, -0.25) is 4.79 Å². The number of nitrogens with one attached hydrogen (secondary N) is 1. The number of methoxy groups -OCH3 is 2. The number of amides is 2. The molecule has 0 aromatic heterocycles. The van der Waals surface area contributed by atoms with Crippen LogP contribution in [0.2, 0.25) is 0 Å². The van der Waals surface area contributed by atoms with Gasteiger partial charge < -0.3 is 35.5 Å². The number of benzene rings is 1. The fourth-order valence-electron chi connectivity index (χ4n) is 4.69. The van der Waals surface area contributed by atoms with Crippen LogP contribution in [0.5, 0.6) is 5.75 Å². The molecule has 2 rings (SSSR count). The fourth-order valence-corrected chi connectivity index (χ4v) is 5.01. The molecule has 5 N–H and O–H groups in total. The maximum absolute atomic E-state index is 12.6. The van der Waals surface area contributed by atoms with Crippen LogP contribution in [0.25, 0.3) is 0 Å². The van der Waals surface area contributed by atoms with Crippen molar-refractivity contribution in [2.75, 3.05) is 19.5 Å². The number of halogens is 1. The van der Waals surface area contributed by atoms with Gasteiger partial charge in [-0.1, -0.05) is 26.0 Å². The van der Waals surface area contributed by atoms with E-state index in [1.807, 2.05) is 26.0 Å². The molecule has 10 heteroatoms. The number of aliphatic hydroxyl groups is 1. The summed E-state index contributed by atoms with van der Waals surface area (Å²) in [7, 11) is 3.07. The Morgan fingerprint density at radius 1 is 1.19 bits per heavy atom. The third-order valence-corrected chi connectivity index (χ3v) is 7.39. The summed E-state index contributed by atoms with van der Waals surface area (Å²) in [6.45, 7) is 5.71. The number of phenolic OH excluding ortho intramolecular Hbond substituents is 1. The minimum atomic E-state index is -0.930. The molecule has 0 radical (unpaired) electrons. The maximum Gasteiger partial charge on any atom is 0.405 e. The highest BCUT2D eigenvalue weighted by Crippen LogP contribution is 2.35. The molecule has 2 bridgehead atoms. The van der Waals surface area contributed by atoms with Gasteiger partial charge in [0.2, 0.25) is 5.91 Å². The summed E-state index contributed by atoms with van der Waals surface area (Å²) in [5.74, 6) is -0.557. The molecule has 1 heterocycles. The smallest absolute Gasteiger partial charge is 0.405 e. The minimum Gasteiger partial charge on any atom is -0.507 e. The van der Waals surface area contributed by atoms with Crippen LogP contribution in [-0.2, 0) is 25.4 Å². The van der Waals surface area contributed by atoms with Crippen LogP contribution in [0.4, 0.5) is 10.5 Å². The number of anilines is 1. The first-order valence-corrected chi connectivity index (χ1v) is 13.1. The van der Waals surface area contributed by atoms with Crippen molar-refractivity contribution >= 4 is 33.6 Å². The Morgan fingerprint density at radius 3 is 2.49 bits per heavy atom. The molecule has 0 spiro atoms. The number of fused-ring (bicyclic) bond motifs is 2. The van der Waals surface area contributed by atoms with E-state index in [4.69, 9.17) is 19.9 Å². The molecule has 206 valence electrons. The van der Waals surface area contributed by atoms with Crippen molar-refractivity contribution in [3.8, 4) is 5.75 Å². The van der Waals surface area contributed by atoms with E-state index in [2.05, 4.69) is 21.2 Å². The zero-order valence-corrected chi connectivity index (χ0v) is 23.7. The molecule has 1 aromatic rings. The van der Waals surface area contributed by atoms with Crippen LogP contribution in [0.1, 0.15) is 45.6 Å². The first-order valence-electron chi connectivity index (χ1n) is 12.3. The second-order valence-corrected chi connectivity index (χ2v) is 10.4. The van der Waals surface area contributed by atoms with Gasteiger partial charge in [0, 0.05) is 20.1 Å². The lowest BCUT2D eigenvalue weighted by Gasteiger charge is -2.30. The lowest BCUT2D eigenvalue weighted by molar-refractivity contribution is -0.111. The van der Waals surface area contributed by atoms with Gasteiger partial charge in [-0.05, 0) is 83.8 Å². The van der Waals surface area contributed by atoms with E-state index in [9.17, 15) is 19.8 Å². The monoisotopic (exact) mass is 582 g/mol. The number of allylic oxidation sites excluding steroid dienone is 1. The van der Waals surface area contributed by atoms with Gasteiger partial charge in [0.1, 0.15) is 5.75 Å². The van der Waals surface area contributed by atoms with Crippen LogP contribution in [0, 0.1) is 11.8 Å². The number of aromatic hydroxyl groups is 1. The largest absolute Gasteiger partial charge is 0.507 e. The predicted molar refractivity (Wildman–Crippen MR) is 145 cm³/mol. The number of carbonyl (C=O) groups is 2. The third kappa shape index (κ3) is 9.14. The Bertz CT molecular complexity index is 997. The van der Waals surface area contributed by atoms with E-state index in [0.717, 1.165) is 5.56 Å². The number of rotatable bonds is 3. The molecular formula is C27H39BrN2O7. The predicted octanol–water partition coefficient (Wildman–Crippen LogP) is 4.45. The fraction of sp³-hybridized carbons (Fsp3) is 0.556. The molecule has 6 atom stereocenters. The lowest BCUT2D eigenvalue weighted by atomic mass is 9.88. The maximum atomic E-state index is 12.6. The van der Waals surface area contributed by atoms with Crippen molar-refractivity contribution < 1.29 is 34.0 Å². The number of phenols is 1. The molecule has 0 unspecified atom stereocenters. The number of hydrogen-bond acceptors (Lipinski definition) is 7. The van der Waals surface area contributed by atoms with Gasteiger partial charge in [0.15, 0.2) is 6.10 Å². The molecule has 0 fully saturated rings. The summed E-state index contributed by atoms with van der Waals surface area (Å²) >= 11 is 3.34. The van der Waals surface area contributed by atoms with Crippen molar-refractivity contribution in [1.29, 1.82) is 0 Å². The molecule has 37 heavy (non-hydrogen) atoms. The Labute approximate surface area is 227 Å². The quantitative estimate of drug-likeness (QED) is 0.386. The summed E-state index contributed by atoms with van der Waals surface area (Å²) in [6, 6.07) is 3.48. The number of nitrogens with two attached hydrogens (primary N) is 1. The highest BCUT2D eigenvalue weighted by molar-refractivity contribution is 9.10. The summed E-state index contributed by atoms with van der Waals surface area (Å²) < 4.78 is 17.0. The van der Waals surface area contributed by atoms with Crippen LogP contribution in [-0.4, -0.2) is 60.8 Å². The number of carbonyl (C=O) groups excluding carboxylic acids is 2. The van der Waals surface area contributed by atoms with Crippen molar-refractivity contribution in [2.24, 2.45) is 17.6 Å². The second-order valence-electron chi connectivity index (χ2n) is 9.66. The van der Waals surface area contributed by atoms with E-state index < -0.39 is 30.5 Å². The van der Waals surface area contributed by atoms with E-state index >= 15 is 0 Å². The highest BCUT2D eigenvalue weighted by Gasteiger charge is 2.30. The molecular weight excluding hydrogens is 544 g/mol. The van der Waals surface area contributed by atoms with Gasteiger partial charge in [-0.25, -0.2) is 4.79 Å². The number of hydrogen-bond donors (Lipinski definition) is 4. The Kier molecular flexibility index (Phi) is 12.1. The third-order valence-electron chi connectivity index (χ3n) is 6.56. The van der Waals surface area contributed by atoms with E-state index in [0.29, 0.717) is 41.4 Å². The minimum absolute atomic E-state index is 0.0239. The number of primary amides is 1. The topological polar surface area (TPSA) is 140 Å². The summed E-state index contributed by atoms with van der Waals surface area (Å²) in [4.78, 5) is 24.2. The molecule has 9 nitrogen and oxygen atoms in total. The first-order chi connectivity index (χ1) is 17.5. The van der Waals surface area contributed by atoms with Gasteiger partial charge in [0.05, 0.1) is 28.5 Å². The Hall–Kier alpha value is -2.40. The van der Waals surface area contributed by atoms with Crippen LogP contribution in [0.15, 0.2) is 40.4 Å². The molecule has 0 saturated carbocycles. The highest BCUT2D eigenvalue weighted by atomic mass is 79.9. The Morgan fingerprint density at radius 2 is 1.86 bits per heavy atom. The second kappa shape index (κ2) is 14.5. The molecule has 1 aliphatic heterocycles. The van der Waals surface area contributed by atoms with Crippen molar-refractivity contribution in [3.63, 3.8) is 0 Å². The zero-order valence-electron chi connectivity index (χ0n) is 22.1. The molecule has 1 aromatic carbocycles. The van der Waals surface area contributed by atoms with Crippen molar-refractivity contribution in [1.82, 2.24) is 0 Å². The molecule has 2 amide bonds. The average Bonchev–Trinajstić information content (AvgIpc) is 2.83. The number of aliphatic hydroxyl groups excluding tert-OH is 1. The summed E-state index contributed by atoms with van der Waals surface area (Å²) in [5.41, 5.74) is 7.32. The van der Waals surface area contributed by atoms with Crippen molar-refractivity contribution in [2.45, 2.75) is 70.9 Å². The van der Waals surface area contributed by atoms with Gasteiger partial charge >= 0.3 is 6.09 Å². The van der Waals surface area contributed by atoms with Crippen molar-refractivity contribution in [3.05, 3.63) is 46.0 Å². The van der Waals surface area contributed by atoms with E-state index in [-0.39, 0.29) is 23.5 Å².